The summed E-state index contributed by atoms with van der Waals surface area (Å²) in [5.74, 6) is 0. The summed E-state index contributed by atoms with van der Waals surface area (Å²) >= 11 is 0. The zero-order valence-corrected chi connectivity index (χ0v) is 14.0. The van der Waals surface area contributed by atoms with E-state index < -0.39 is 6.10 Å². The number of pyridine rings is 1. The molecule has 0 saturated carbocycles. The molecule has 0 aliphatic carbocycles. The second-order valence-electron chi connectivity index (χ2n) is 7.01. The van der Waals surface area contributed by atoms with Crippen molar-refractivity contribution in [3.8, 4) is 0 Å². The Hall–Kier alpha value is -1.75. The highest BCUT2D eigenvalue weighted by atomic mass is 16.3. The largest absolute Gasteiger partial charge is 0.387 e. The van der Waals surface area contributed by atoms with Crippen LogP contribution < -0.4 is 5.32 Å². The third-order valence-electron chi connectivity index (χ3n) is 5.62. The molecule has 1 unspecified atom stereocenters. The lowest BCUT2D eigenvalue weighted by atomic mass is 9.76. The molecule has 126 valence electrons. The molecule has 24 heavy (non-hydrogen) atoms. The molecule has 2 aliphatic heterocycles. The van der Waals surface area contributed by atoms with Crippen LogP contribution in [0, 0.1) is 0 Å². The Morgan fingerprint density at radius 2 is 1.88 bits per heavy atom. The number of β-amino-alcohol motifs (C(OH)–C–C–N with tert-alkyl or cyclic N) is 1. The van der Waals surface area contributed by atoms with Gasteiger partial charge in [-0.25, -0.2) is 0 Å². The number of likely N-dealkylation sites (tertiary alicyclic amines) is 1. The minimum Gasteiger partial charge on any atom is -0.387 e. The lowest BCUT2D eigenvalue weighted by Gasteiger charge is -2.46. The topological polar surface area (TPSA) is 48.4 Å². The first-order valence-corrected chi connectivity index (χ1v) is 8.91. The van der Waals surface area contributed by atoms with Gasteiger partial charge in [0, 0.05) is 44.1 Å². The Labute approximate surface area is 143 Å². The summed E-state index contributed by atoms with van der Waals surface area (Å²) in [5.41, 5.74) is 4.07. The second kappa shape index (κ2) is 6.63. The number of rotatable bonds is 3. The van der Waals surface area contributed by atoms with E-state index in [0.717, 1.165) is 44.5 Å². The molecule has 2 aromatic rings. The standard InChI is InChI=1S/C20H25N3O/c24-19(17-5-10-21-11-6-17)15-23-13-8-20(9-14-23)18-4-2-1-3-16(18)7-12-22-20/h1-6,10-11,19,22,24H,7-9,12-15H2. The number of aliphatic hydroxyl groups is 1. The minimum atomic E-state index is -0.436. The van der Waals surface area contributed by atoms with Crippen molar-refractivity contribution < 1.29 is 5.11 Å². The van der Waals surface area contributed by atoms with Gasteiger partial charge < -0.3 is 15.3 Å². The Balaban J connectivity index is 1.43. The smallest absolute Gasteiger partial charge is 0.0918 e. The van der Waals surface area contributed by atoms with Crippen molar-refractivity contribution in [2.24, 2.45) is 0 Å². The zero-order chi connectivity index (χ0) is 16.4. The third-order valence-corrected chi connectivity index (χ3v) is 5.62. The first kappa shape index (κ1) is 15.8. The van der Waals surface area contributed by atoms with Crippen LogP contribution in [0.5, 0.6) is 0 Å². The molecule has 1 atom stereocenters. The van der Waals surface area contributed by atoms with Crippen molar-refractivity contribution >= 4 is 0 Å². The highest BCUT2D eigenvalue weighted by molar-refractivity contribution is 5.37. The van der Waals surface area contributed by atoms with Crippen molar-refractivity contribution in [3.63, 3.8) is 0 Å². The summed E-state index contributed by atoms with van der Waals surface area (Å²) in [6, 6.07) is 12.7. The predicted molar refractivity (Wildman–Crippen MR) is 94.7 cm³/mol. The molecule has 1 spiro atoms. The average molecular weight is 323 g/mol. The number of piperidine rings is 1. The third kappa shape index (κ3) is 2.97. The highest BCUT2D eigenvalue weighted by Gasteiger charge is 2.39. The normalized spacial score (nSPS) is 21.4. The van der Waals surface area contributed by atoms with Crippen molar-refractivity contribution in [1.82, 2.24) is 15.2 Å². The lowest BCUT2D eigenvalue weighted by molar-refractivity contribution is 0.0704. The van der Waals surface area contributed by atoms with Gasteiger partial charge in [-0.2, -0.15) is 0 Å². The van der Waals surface area contributed by atoms with Crippen LogP contribution in [0.4, 0.5) is 0 Å². The maximum absolute atomic E-state index is 10.4. The fourth-order valence-electron chi connectivity index (χ4n) is 4.24. The van der Waals surface area contributed by atoms with Gasteiger partial charge in [-0.1, -0.05) is 24.3 Å². The molecule has 1 fully saturated rings. The summed E-state index contributed by atoms with van der Waals surface area (Å²) in [6.07, 6.45) is 6.38. The van der Waals surface area contributed by atoms with Crippen molar-refractivity contribution in [2.75, 3.05) is 26.2 Å². The van der Waals surface area contributed by atoms with Crippen molar-refractivity contribution in [3.05, 3.63) is 65.5 Å². The summed E-state index contributed by atoms with van der Waals surface area (Å²) in [6.45, 7) is 3.80. The van der Waals surface area contributed by atoms with Gasteiger partial charge in [-0.05, 0) is 48.1 Å². The molecular formula is C20H25N3O. The van der Waals surface area contributed by atoms with E-state index in [4.69, 9.17) is 0 Å². The minimum absolute atomic E-state index is 0.132. The molecular weight excluding hydrogens is 298 g/mol. The van der Waals surface area contributed by atoms with Gasteiger partial charge in [0.05, 0.1) is 6.10 Å². The first-order chi connectivity index (χ1) is 11.8. The van der Waals surface area contributed by atoms with Gasteiger partial charge in [0.2, 0.25) is 0 Å². The van der Waals surface area contributed by atoms with Gasteiger partial charge in [0.25, 0.3) is 0 Å². The molecule has 2 aliphatic rings. The maximum Gasteiger partial charge on any atom is 0.0918 e. The number of aromatic nitrogens is 1. The predicted octanol–water partition coefficient (Wildman–Crippen LogP) is 2.25. The van der Waals surface area contributed by atoms with Crippen LogP contribution in [-0.4, -0.2) is 41.2 Å². The van der Waals surface area contributed by atoms with E-state index in [1.165, 1.54) is 11.1 Å². The molecule has 0 radical (unpaired) electrons. The number of hydrogen-bond acceptors (Lipinski definition) is 4. The van der Waals surface area contributed by atoms with E-state index in [2.05, 4.69) is 39.5 Å². The van der Waals surface area contributed by atoms with Gasteiger partial charge in [-0.3, -0.25) is 4.98 Å². The van der Waals surface area contributed by atoms with E-state index in [-0.39, 0.29) is 5.54 Å². The molecule has 4 rings (SSSR count). The van der Waals surface area contributed by atoms with E-state index in [1.54, 1.807) is 12.4 Å². The average Bonchev–Trinajstić information content (AvgIpc) is 2.65. The molecule has 0 amide bonds. The highest BCUT2D eigenvalue weighted by Crippen LogP contribution is 2.37. The summed E-state index contributed by atoms with van der Waals surface area (Å²) in [4.78, 5) is 6.40. The van der Waals surface area contributed by atoms with E-state index >= 15 is 0 Å². The van der Waals surface area contributed by atoms with Crippen molar-refractivity contribution in [1.29, 1.82) is 0 Å². The quantitative estimate of drug-likeness (QED) is 0.910. The van der Waals surface area contributed by atoms with E-state index in [1.807, 2.05) is 12.1 Å². The van der Waals surface area contributed by atoms with Crippen LogP contribution >= 0.6 is 0 Å². The van der Waals surface area contributed by atoms with Crippen molar-refractivity contribution in [2.45, 2.75) is 30.9 Å². The first-order valence-electron chi connectivity index (χ1n) is 8.91. The summed E-state index contributed by atoms with van der Waals surface area (Å²) < 4.78 is 0. The number of fused-ring (bicyclic) bond motifs is 2. The van der Waals surface area contributed by atoms with Gasteiger partial charge in [0.15, 0.2) is 0 Å². The van der Waals surface area contributed by atoms with E-state index in [0.29, 0.717) is 6.54 Å². The molecule has 0 bridgehead atoms. The zero-order valence-electron chi connectivity index (χ0n) is 14.0. The number of hydrogen-bond donors (Lipinski definition) is 2. The van der Waals surface area contributed by atoms with Crippen LogP contribution in [0.15, 0.2) is 48.8 Å². The Kier molecular flexibility index (Phi) is 4.35. The monoisotopic (exact) mass is 323 g/mol. The lowest BCUT2D eigenvalue weighted by Crippen LogP contribution is -2.54. The second-order valence-corrected chi connectivity index (χ2v) is 7.01. The van der Waals surface area contributed by atoms with Crippen LogP contribution in [0.3, 0.4) is 0 Å². The molecule has 3 heterocycles. The fourth-order valence-corrected chi connectivity index (χ4v) is 4.24. The van der Waals surface area contributed by atoms with E-state index in [9.17, 15) is 5.11 Å². The number of aliphatic hydroxyl groups excluding tert-OH is 1. The molecule has 4 nitrogen and oxygen atoms in total. The molecule has 1 aromatic heterocycles. The molecule has 1 aromatic carbocycles. The summed E-state index contributed by atoms with van der Waals surface area (Å²) in [5, 5.41) is 14.2. The maximum atomic E-state index is 10.4. The fraction of sp³-hybridized carbons (Fsp3) is 0.450. The Morgan fingerprint density at radius 1 is 1.12 bits per heavy atom. The summed E-state index contributed by atoms with van der Waals surface area (Å²) in [7, 11) is 0. The number of benzene rings is 1. The SMILES string of the molecule is OC(CN1CCC2(CC1)NCCc1ccccc12)c1ccncc1. The van der Waals surface area contributed by atoms with Crippen LogP contribution in [-0.2, 0) is 12.0 Å². The molecule has 1 saturated heterocycles. The van der Waals surface area contributed by atoms with Crippen LogP contribution in [0.25, 0.3) is 0 Å². The van der Waals surface area contributed by atoms with Gasteiger partial charge >= 0.3 is 0 Å². The molecule has 2 N–H and O–H groups in total. The van der Waals surface area contributed by atoms with Crippen LogP contribution in [0.2, 0.25) is 0 Å². The number of nitrogens with zero attached hydrogens (tertiary/aromatic N) is 2. The Morgan fingerprint density at radius 3 is 2.67 bits per heavy atom. The number of nitrogens with one attached hydrogen (secondary N) is 1. The Bertz CT molecular complexity index is 680. The van der Waals surface area contributed by atoms with Crippen LogP contribution in [0.1, 0.15) is 35.6 Å². The van der Waals surface area contributed by atoms with Gasteiger partial charge in [-0.15, -0.1) is 0 Å². The van der Waals surface area contributed by atoms with Gasteiger partial charge in [0.1, 0.15) is 0 Å². The molecule has 4 heteroatoms.